The van der Waals surface area contributed by atoms with Crippen molar-refractivity contribution in [1.82, 2.24) is 5.32 Å². The fraction of sp³-hybridized carbons (Fsp3) is 0.222. The van der Waals surface area contributed by atoms with E-state index in [0.29, 0.717) is 17.8 Å². The van der Waals surface area contributed by atoms with E-state index in [9.17, 15) is 9.59 Å². The average molecular weight is 328 g/mol. The van der Waals surface area contributed by atoms with Crippen molar-refractivity contribution in [2.45, 2.75) is 18.2 Å². The number of amides is 2. The lowest BCUT2D eigenvalue weighted by Gasteiger charge is -2.07. The Bertz CT molecular complexity index is 659. The van der Waals surface area contributed by atoms with Crippen molar-refractivity contribution in [3.8, 4) is 0 Å². The molecule has 2 aromatic rings. The molecule has 2 rings (SSSR count). The van der Waals surface area contributed by atoms with Crippen LogP contribution in [-0.4, -0.2) is 24.1 Å². The lowest BCUT2D eigenvalue weighted by Crippen LogP contribution is -2.24. The fourth-order valence-electron chi connectivity index (χ4n) is 2.02. The highest BCUT2D eigenvalue weighted by Crippen LogP contribution is 2.17. The van der Waals surface area contributed by atoms with Crippen LogP contribution in [0.3, 0.4) is 0 Å². The first kappa shape index (κ1) is 17.1. The maximum absolute atomic E-state index is 12.1. The molecule has 2 aromatic carbocycles. The smallest absolute Gasteiger partial charge is 0.251 e. The minimum Gasteiger partial charge on any atom is -0.352 e. The third kappa shape index (κ3) is 6.16. The zero-order valence-corrected chi connectivity index (χ0v) is 13.9. The van der Waals surface area contributed by atoms with E-state index in [4.69, 9.17) is 0 Å². The SMILES string of the molecule is CC(=O)Nc1cccc(C(=O)NCCCSc2ccccc2)c1. The van der Waals surface area contributed by atoms with Crippen LogP contribution in [0.5, 0.6) is 0 Å². The minimum absolute atomic E-state index is 0.123. The van der Waals surface area contributed by atoms with Crippen molar-refractivity contribution in [2.75, 3.05) is 17.6 Å². The van der Waals surface area contributed by atoms with Gasteiger partial charge in [-0.3, -0.25) is 9.59 Å². The van der Waals surface area contributed by atoms with Crippen molar-refractivity contribution in [3.05, 3.63) is 60.2 Å². The molecule has 4 nitrogen and oxygen atoms in total. The standard InChI is InChI=1S/C18H20N2O2S/c1-14(21)20-16-8-5-7-15(13-16)18(22)19-11-6-12-23-17-9-3-2-4-10-17/h2-5,7-10,13H,6,11-12H2,1H3,(H,19,22)(H,20,21). The second-order valence-corrected chi connectivity index (χ2v) is 6.20. The van der Waals surface area contributed by atoms with Crippen LogP contribution in [0.2, 0.25) is 0 Å². The Balaban J connectivity index is 1.73. The maximum atomic E-state index is 12.1. The summed E-state index contributed by atoms with van der Waals surface area (Å²) in [5, 5.41) is 5.57. The summed E-state index contributed by atoms with van der Waals surface area (Å²) < 4.78 is 0. The number of anilines is 1. The van der Waals surface area contributed by atoms with Crippen molar-refractivity contribution in [1.29, 1.82) is 0 Å². The molecule has 0 aliphatic rings. The van der Waals surface area contributed by atoms with Gasteiger partial charge in [-0.2, -0.15) is 0 Å². The molecule has 0 aliphatic heterocycles. The van der Waals surface area contributed by atoms with Crippen molar-refractivity contribution >= 4 is 29.3 Å². The van der Waals surface area contributed by atoms with Gasteiger partial charge in [0.05, 0.1) is 0 Å². The Labute approximate surface area is 140 Å². The molecule has 2 amide bonds. The van der Waals surface area contributed by atoms with Crippen LogP contribution in [0.25, 0.3) is 0 Å². The minimum atomic E-state index is -0.152. The second-order valence-electron chi connectivity index (χ2n) is 5.03. The van der Waals surface area contributed by atoms with E-state index in [-0.39, 0.29) is 11.8 Å². The summed E-state index contributed by atoms with van der Waals surface area (Å²) in [5.41, 5.74) is 1.18. The van der Waals surface area contributed by atoms with Crippen LogP contribution in [0.4, 0.5) is 5.69 Å². The third-order valence-corrected chi connectivity index (χ3v) is 4.16. The summed E-state index contributed by atoms with van der Waals surface area (Å²) in [4.78, 5) is 24.4. The zero-order chi connectivity index (χ0) is 16.5. The predicted molar refractivity (Wildman–Crippen MR) is 94.9 cm³/mol. The Morgan fingerprint density at radius 1 is 1.04 bits per heavy atom. The molecule has 0 radical (unpaired) electrons. The Hall–Kier alpha value is -2.27. The number of carbonyl (C=O) groups excluding carboxylic acids is 2. The van der Waals surface area contributed by atoms with E-state index in [1.165, 1.54) is 11.8 Å². The molecule has 0 fully saturated rings. The first-order chi connectivity index (χ1) is 11.1. The number of carbonyl (C=O) groups is 2. The fourth-order valence-corrected chi connectivity index (χ4v) is 2.90. The molecule has 2 N–H and O–H groups in total. The monoisotopic (exact) mass is 328 g/mol. The van der Waals surface area contributed by atoms with Crippen LogP contribution in [0, 0.1) is 0 Å². The highest BCUT2D eigenvalue weighted by Gasteiger charge is 2.06. The largest absolute Gasteiger partial charge is 0.352 e. The van der Waals surface area contributed by atoms with E-state index in [1.807, 2.05) is 18.2 Å². The number of thioether (sulfide) groups is 1. The van der Waals surface area contributed by atoms with Crippen LogP contribution in [0.15, 0.2) is 59.5 Å². The van der Waals surface area contributed by atoms with Gasteiger partial charge in [-0.25, -0.2) is 0 Å². The van der Waals surface area contributed by atoms with Gasteiger partial charge < -0.3 is 10.6 Å². The number of hydrogen-bond donors (Lipinski definition) is 2. The van der Waals surface area contributed by atoms with Crippen molar-refractivity contribution in [2.24, 2.45) is 0 Å². The van der Waals surface area contributed by atoms with Crippen LogP contribution >= 0.6 is 11.8 Å². The molecule has 0 heterocycles. The van der Waals surface area contributed by atoms with Crippen LogP contribution < -0.4 is 10.6 Å². The summed E-state index contributed by atoms with van der Waals surface area (Å²) in [6.07, 6.45) is 0.899. The quantitative estimate of drug-likeness (QED) is 0.603. The number of nitrogens with one attached hydrogen (secondary N) is 2. The molecule has 23 heavy (non-hydrogen) atoms. The molecular weight excluding hydrogens is 308 g/mol. The second kappa shape index (κ2) is 9.00. The molecule has 120 valence electrons. The first-order valence-electron chi connectivity index (χ1n) is 7.49. The summed E-state index contributed by atoms with van der Waals surface area (Å²) in [7, 11) is 0. The van der Waals surface area contributed by atoms with Gasteiger partial charge in [0.2, 0.25) is 5.91 Å². The van der Waals surface area contributed by atoms with Crippen LogP contribution in [-0.2, 0) is 4.79 Å². The van der Waals surface area contributed by atoms with Gasteiger partial charge in [-0.05, 0) is 42.5 Å². The van der Waals surface area contributed by atoms with Gasteiger partial charge in [-0.1, -0.05) is 24.3 Å². The molecular formula is C18H20N2O2S. The topological polar surface area (TPSA) is 58.2 Å². The van der Waals surface area contributed by atoms with Crippen molar-refractivity contribution in [3.63, 3.8) is 0 Å². The lowest BCUT2D eigenvalue weighted by molar-refractivity contribution is -0.114. The van der Waals surface area contributed by atoms with E-state index in [2.05, 4.69) is 22.8 Å². The first-order valence-corrected chi connectivity index (χ1v) is 8.47. The molecule has 0 bridgehead atoms. The number of hydrogen-bond acceptors (Lipinski definition) is 3. The van der Waals surface area contributed by atoms with E-state index in [1.54, 1.807) is 36.0 Å². The molecule has 0 saturated heterocycles. The summed E-state index contributed by atoms with van der Waals surface area (Å²) in [6.45, 7) is 2.07. The Morgan fingerprint density at radius 2 is 1.83 bits per heavy atom. The molecule has 0 atom stereocenters. The summed E-state index contributed by atoms with van der Waals surface area (Å²) >= 11 is 1.78. The lowest BCUT2D eigenvalue weighted by atomic mass is 10.2. The maximum Gasteiger partial charge on any atom is 0.251 e. The van der Waals surface area contributed by atoms with Gasteiger partial charge in [-0.15, -0.1) is 11.8 Å². The third-order valence-electron chi connectivity index (χ3n) is 3.06. The molecule has 0 saturated carbocycles. The van der Waals surface area contributed by atoms with Crippen molar-refractivity contribution < 1.29 is 9.59 Å². The van der Waals surface area contributed by atoms with Gasteiger partial charge in [0.25, 0.3) is 5.91 Å². The van der Waals surface area contributed by atoms with E-state index < -0.39 is 0 Å². The molecule has 0 aliphatic carbocycles. The number of rotatable bonds is 7. The molecule has 0 aromatic heterocycles. The van der Waals surface area contributed by atoms with E-state index in [0.717, 1.165) is 12.2 Å². The Kier molecular flexibility index (Phi) is 6.69. The van der Waals surface area contributed by atoms with Crippen LogP contribution in [0.1, 0.15) is 23.7 Å². The van der Waals surface area contributed by atoms with Gasteiger partial charge in [0.1, 0.15) is 0 Å². The highest BCUT2D eigenvalue weighted by atomic mass is 32.2. The zero-order valence-electron chi connectivity index (χ0n) is 13.0. The van der Waals surface area contributed by atoms with Gasteiger partial charge in [0, 0.05) is 29.6 Å². The van der Waals surface area contributed by atoms with Gasteiger partial charge in [0.15, 0.2) is 0 Å². The Morgan fingerprint density at radius 3 is 2.57 bits per heavy atom. The van der Waals surface area contributed by atoms with Gasteiger partial charge >= 0.3 is 0 Å². The summed E-state index contributed by atoms with van der Waals surface area (Å²) in [6, 6.07) is 17.1. The predicted octanol–water partition coefficient (Wildman–Crippen LogP) is 3.56. The highest BCUT2D eigenvalue weighted by molar-refractivity contribution is 7.99. The average Bonchev–Trinajstić information content (AvgIpc) is 2.55. The molecule has 5 heteroatoms. The normalized spacial score (nSPS) is 10.1. The molecule has 0 spiro atoms. The number of benzene rings is 2. The molecule has 0 unspecified atom stereocenters. The van der Waals surface area contributed by atoms with E-state index >= 15 is 0 Å². The summed E-state index contributed by atoms with van der Waals surface area (Å²) in [5.74, 6) is 0.679.